The number of nitrogens with two attached hydrogens (primary N) is 1. The number of hydrogen-bond acceptors (Lipinski definition) is 5. The number of primary amides is 1. The van der Waals surface area contributed by atoms with Crippen molar-refractivity contribution < 1.29 is 24.2 Å². The second-order valence-corrected chi connectivity index (χ2v) is 11.7. The fourth-order valence-electron chi connectivity index (χ4n) is 5.53. The molecule has 4 N–H and O–H groups in total. The highest BCUT2D eigenvalue weighted by Crippen LogP contribution is 2.35. The van der Waals surface area contributed by atoms with Crippen LogP contribution in [-0.4, -0.2) is 60.3 Å². The molecule has 1 aliphatic rings. The minimum absolute atomic E-state index is 0.0994. The SMILES string of the molecule is CN(CCc1ccc(Cl)cc1)C(=O)CC[C@@H](CO)NC(=O)[C@@H](OC(N)=O)C(Cc1cccc(Cl)c1)C1CCCCC1. The maximum Gasteiger partial charge on any atom is 0.405 e. The van der Waals surface area contributed by atoms with Gasteiger partial charge in [0.05, 0.1) is 12.6 Å². The van der Waals surface area contributed by atoms with Gasteiger partial charge in [-0.3, -0.25) is 9.59 Å². The van der Waals surface area contributed by atoms with Crippen LogP contribution >= 0.6 is 23.2 Å². The molecule has 0 heterocycles. The van der Waals surface area contributed by atoms with E-state index in [2.05, 4.69) is 5.32 Å². The molecule has 0 spiro atoms. The molecule has 0 aromatic heterocycles. The first-order valence-electron chi connectivity index (χ1n) is 14.3. The molecule has 0 aliphatic heterocycles. The summed E-state index contributed by atoms with van der Waals surface area (Å²) in [6.45, 7) is 0.164. The van der Waals surface area contributed by atoms with Gasteiger partial charge in [0.25, 0.3) is 5.91 Å². The van der Waals surface area contributed by atoms with Gasteiger partial charge in [-0.25, -0.2) is 4.79 Å². The van der Waals surface area contributed by atoms with Crippen molar-refractivity contribution in [2.45, 2.75) is 69.9 Å². The number of aliphatic hydroxyl groups is 1. The summed E-state index contributed by atoms with van der Waals surface area (Å²) in [5.41, 5.74) is 7.43. The molecule has 41 heavy (non-hydrogen) atoms. The number of nitrogens with zero attached hydrogens (tertiary/aromatic N) is 1. The van der Waals surface area contributed by atoms with Crippen LogP contribution in [0.5, 0.6) is 0 Å². The fraction of sp³-hybridized carbons (Fsp3) is 0.516. The zero-order valence-corrected chi connectivity index (χ0v) is 25.1. The maximum absolute atomic E-state index is 13.6. The highest BCUT2D eigenvalue weighted by atomic mass is 35.5. The Morgan fingerprint density at radius 2 is 1.76 bits per heavy atom. The van der Waals surface area contributed by atoms with Gasteiger partial charge < -0.3 is 25.8 Å². The third kappa shape index (κ3) is 10.8. The number of rotatable bonds is 14. The molecule has 1 saturated carbocycles. The molecular formula is C31H41Cl2N3O5. The van der Waals surface area contributed by atoms with Gasteiger partial charge in [-0.1, -0.05) is 79.6 Å². The van der Waals surface area contributed by atoms with Gasteiger partial charge >= 0.3 is 6.09 Å². The zero-order valence-electron chi connectivity index (χ0n) is 23.6. The summed E-state index contributed by atoms with van der Waals surface area (Å²) in [6, 6.07) is 14.2. The van der Waals surface area contributed by atoms with Gasteiger partial charge in [-0.2, -0.15) is 0 Å². The van der Waals surface area contributed by atoms with Gasteiger partial charge in [0.2, 0.25) is 5.91 Å². The third-order valence-corrected chi connectivity index (χ3v) is 8.34. The minimum Gasteiger partial charge on any atom is -0.436 e. The molecule has 3 amide bonds. The first-order valence-corrected chi connectivity index (χ1v) is 15.0. The molecule has 224 valence electrons. The monoisotopic (exact) mass is 605 g/mol. The van der Waals surface area contributed by atoms with Crippen LogP contribution in [0, 0.1) is 11.8 Å². The molecule has 0 radical (unpaired) electrons. The highest BCUT2D eigenvalue weighted by Gasteiger charge is 2.38. The lowest BCUT2D eigenvalue weighted by Crippen LogP contribution is -2.50. The van der Waals surface area contributed by atoms with Gasteiger partial charge in [-0.15, -0.1) is 0 Å². The highest BCUT2D eigenvalue weighted by molar-refractivity contribution is 6.30. The van der Waals surface area contributed by atoms with Crippen molar-refractivity contribution >= 4 is 41.1 Å². The van der Waals surface area contributed by atoms with Crippen LogP contribution in [0.15, 0.2) is 48.5 Å². The summed E-state index contributed by atoms with van der Waals surface area (Å²) in [7, 11) is 1.73. The fourth-order valence-corrected chi connectivity index (χ4v) is 5.87. The molecular weight excluding hydrogens is 565 g/mol. The van der Waals surface area contributed by atoms with Crippen LogP contribution in [-0.2, 0) is 27.2 Å². The van der Waals surface area contributed by atoms with E-state index >= 15 is 0 Å². The lowest BCUT2D eigenvalue weighted by atomic mass is 9.74. The first kappa shape index (κ1) is 32.7. The average molecular weight is 607 g/mol. The number of carbonyl (C=O) groups excluding carboxylic acids is 3. The second-order valence-electron chi connectivity index (χ2n) is 10.9. The van der Waals surface area contributed by atoms with Crippen molar-refractivity contribution in [2.75, 3.05) is 20.2 Å². The quantitative estimate of drug-likeness (QED) is 0.275. The molecule has 3 atom stereocenters. The van der Waals surface area contributed by atoms with E-state index in [0.29, 0.717) is 29.4 Å². The molecule has 8 nitrogen and oxygen atoms in total. The Balaban J connectivity index is 1.64. The number of likely N-dealkylation sites (N-methyl/N-ethyl adjacent to an activating group) is 1. The summed E-state index contributed by atoms with van der Waals surface area (Å²) >= 11 is 12.2. The van der Waals surface area contributed by atoms with E-state index in [4.69, 9.17) is 33.7 Å². The van der Waals surface area contributed by atoms with E-state index in [0.717, 1.165) is 43.2 Å². The molecule has 3 rings (SSSR count). The van der Waals surface area contributed by atoms with Crippen molar-refractivity contribution in [3.63, 3.8) is 0 Å². The lowest BCUT2D eigenvalue weighted by molar-refractivity contribution is -0.135. The zero-order chi connectivity index (χ0) is 29.8. The Morgan fingerprint density at radius 1 is 1.05 bits per heavy atom. The number of benzene rings is 2. The molecule has 1 aliphatic carbocycles. The van der Waals surface area contributed by atoms with Crippen molar-refractivity contribution in [1.29, 1.82) is 0 Å². The predicted octanol–water partition coefficient (Wildman–Crippen LogP) is 5.15. The number of carbonyl (C=O) groups is 3. The number of amides is 3. The number of halogens is 2. The Labute approximate surface area is 252 Å². The lowest BCUT2D eigenvalue weighted by Gasteiger charge is -2.35. The third-order valence-electron chi connectivity index (χ3n) is 7.85. The first-order chi connectivity index (χ1) is 19.7. The number of nitrogens with one attached hydrogen (secondary N) is 1. The summed E-state index contributed by atoms with van der Waals surface area (Å²) in [4.78, 5) is 39.9. The van der Waals surface area contributed by atoms with E-state index in [9.17, 15) is 19.5 Å². The van der Waals surface area contributed by atoms with E-state index < -0.39 is 24.1 Å². The van der Waals surface area contributed by atoms with Crippen LogP contribution in [0.2, 0.25) is 10.0 Å². The van der Waals surface area contributed by atoms with Gasteiger partial charge in [0.15, 0.2) is 6.10 Å². The molecule has 10 heteroatoms. The standard InChI is InChI=1S/C31H41Cl2N3O5/c1-36(17-16-21-10-12-24(32)13-11-21)28(38)15-14-26(20-37)35-30(39)29(41-31(34)40)27(23-7-3-2-4-8-23)19-22-6-5-9-25(33)18-22/h5-6,9-13,18,23,26-27,29,37H,2-4,7-8,14-17,19-20H2,1H3,(H2,34,40)(H,35,39)/t26-,27?,29-/m0/s1. The molecule has 1 unspecified atom stereocenters. The van der Waals surface area contributed by atoms with Crippen LogP contribution < -0.4 is 11.1 Å². The number of ether oxygens (including phenoxy) is 1. The largest absolute Gasteiger partial charge is 0.436 e. The molecule has 1 fully saturated rings. The summed E-state index contributed by atoms with van der Waals surface area (Å²) in [6.07, 6.45) is 4.39. The van der Waals surface area contributed by atoms with Gasteiger partial charge in [0.1, 0.15) is 0 Å². The summed E-state index contributed by atoms with van der Waals surface area (Å²) in [5.74, 6) is -0.788. The van der Waals surface area contributed by atoms with Gasteiger partial charge in [-0.05, 0) is 60.6 Å². The van der Waals surface area contributed by atoms with Crippen LogP contribution in [0.1, 0.15) is 56.1 Å². The second kappa shape index (κ2) is 16.6. The van der Waals surface area contributed by atoms with E-state index in [1.54, 1.807) is 18.0 Å². The summed E-state index contributed by atoms with van der Waals surface area (Å²) in [5, 5.41) is 14.1. The molecule has 0 saturated heterocycles. The smallest absolute Gasteiger partial charge is 0.405 e. The van der Waals surface area contributed by atoms with Crippen molar-refractivity contribution in [3.8, 4) is 0 Å². The van der Waals surface area contributed by atoms with Crippen LogP contribution in [0.4, 0.5) is 4.79 Å². The van der Waals surface area contributed by atoms with Crippen LogP contribution in [0.25, 0.3) is 0 Å². The van der Waals surface area contributed by atoms with E-state index in [-0.39, 0.29) is 37.2 Å². The molecule has 2 aromatic carbocycles. The normalized spacial score (nSPS) is 15.9. The van der Waals surface area contributed by atoms with E-state index in [1.807, 2.05) is 42.5 Å². The van der Waals surface area contributed by atoms with Crippen LogP contribution in [0.3, 0.4) is 0 Å². The minimum atomic E-state index is -1.14. The Hall–Kier alpha value is -2.81. The average Bonchev–Trinajstić information content (AvgIpc) is 2.96. The number of aliphatic hydroxyl groups excluding tert-OH is 1. The topological polar surface area (TPSA) is 122 Å². The molecule has 2 aromatic rings. The van der Waals surface area contributed by atoms with E-state index in [1.165, 1.54) is 0 Å². The Morgan fingerprint density at radius 3 is 2.39 bits per heavy atom. The van der Waals surface area contributed by atoms with Crippen molar-refractivity contribution in [2.24, 2.45) is 17.6 Å². The van der Waals surface area contributed by atoms with Gasteiger partial charge in [0, 0.05) is 36.0 Å². The predicted molar refractivity (Wildman–Crippen MR) is 161 cm³/mol. The Bertz CT molecular complexity index is 1140. The van der Waals surface area contributed by atoms with Crippen molar-refractivity contribution in [1.82, 2.24) is 10.2 Å². The molecule has 0 bridgehead atoms. The maximum atomic E-state index is 13.6. The number of hydrogen-bond donors (Lipinski definition) is 3. The summed E-state index contributed by atoms with van der Waals surface area (Å²) < 4.78 is 5.45. The van der Waals surface area contributed by atoms with Crippen molar-refractivity contribution in [3.05, 3.63) is 69.7 Å². The Kier molecular flexibility index (Phi) is 13.2.